The second kappa shape index (κ2) is 12.1. The van der Waals surface area contributed by atoms with Gasteiger partial charge in [0.2, 0.25) is 5.91 Å². The molecule has 5 nitrogen and oxygen atoms in total. The van der Waals surface area contributed by atoms with Gasteiger partial charge >= 0.3 is 0 Å². The second-order valence-electron chi connectivity index (χ2n) is 6.54. The zero-order valence-electron chi connectivity index (χ0n) is 16.1. The largest absolute Gasteiger partial charge is 0.326 e. The van der Waals surface area contributed by atoms with Gasteiger partial charge in [0.25, 0.3) is 5.91 Å². The van der Waals surface area contributed by atoms with Crippen LogP contribution in [-0.4, -0.2) is 18.0 Å². The number of halogens is 1. The highest BCUT2D eigenvalue weighted by molar-refractivity contribution is 9.10. The molecule has 0 aromatic heterocycles. The van der Waals surface area contributed by atoms with Crippen LogP contribution in [0.15, 0.2) is 58.1 Å². The third-order valence-electron chi connectivity index (χ3n) is 4.17. The van der Waals surface area contributed by atoms with Gasteiger partial charge in [0.05, 0.1) is 6.21 Å². The molecule has 2 aromatic carbocycles. The van der Waals surface area contributed by atoms with Gasteiger partial charge in [-0.15, -0.1) is 0 Å². The van der Waals surface area contributed by atoms with Gasteiger partial charge < -0.3 is 5.32 Å². The van der Waals surface area contributed by atoms with Crippen molar-refractivity contribution in [2.45, 2.75) is 45.4 Å². The van der Waals surface area contributed by atoms with E-state index in [-0.39, 0.29) is 11.8 Å². The maximum Gasteiger partial charge on any atom is 0.271 e. The Morgan fingerprint density at radius 1 is 1.04 bits per heavy atom. The smallest absolute Gasteiger partial charge is 0.271 e. The number of nitrogens with zero attached hydrogens (tertiary/aromatic N) is 1. The lowest BCUT2D eigenvalue weighted by Crippen LogP contribution is -2.17. The predicted molar refractivity (Wildman–Crippen MR) is 118 cm³/mol. The van der Waals surface area contributed by atoms with Crippen LogP contribution in [-0.2, 0) is 4.79 Å². The van der Waals surface area contributed by atoms with E-state index in [2.05, 4.69) is 38.7 Å². The Morgan fingerprint density at radius 3 is 2.50 bits per heavy atom. The molecular formula is C22H26BrN3O2. The Kier molecular flexibility index (Phi) is 9.42. The van der Waals surface area contributed by atoms with Crippen LogP contribution in [0.5, 0.6) is 0 Å². The average Bonchev–Trinajstić information content (AvgIpc) is 2.68. The molecular weight excluding hydrogens is 418 g/mol. The first kappa shape index (κ1) is 21.8. The third kappa shape index (κ3) is 8.05. The lowest BCUT2D eigenvalue weighted by Gasteiger charge is -2.06. The normalized spacial score (nSPS) is 10.8. The minimum atomic E-state index is -0.306. The molecule has 2 N–H and O–H groups in total. The van der Waals surface area contributed by atoms with Crippen LogP contribution in [0.3, 0.4) is 0 Å². The van der Waals surface area contributed by atoms with Crippen LogP contribution in [0, 0.1) is 0 Å². The van der Waals surface area contributed by atoms with Crippen LogP contribution >= 0.6 is 15.9 Å². The maximum absolute atomic E-state index is 12.1. The van der Waals surface area contributed by atoms with Gasteiger partial charge in [0, 0.05) is 22.1 Å². The summed E-state index contributed by atoms with van der Waals surface area (Å²) in [5, 5.41) is 6.83. The van der Waals surface area contributed by atoms with Crippen molar-refractivity contribution in [3.8, 4) is 0 Å². The average molecular weight is 444 g/mol. The van der Waals surface area contributed by atoms with Crippen molar-refractivity contribution in [3.63, 3.8) is 0 Å². The van der Waals surface area contributed by atoms with E-state index in [9.17, 15) is 9.59 Å². The van der Waals surface area contributed by atoms with Gasteiger partial charge in [0.15, 0.2) is 0 Å². The molecule has 148 valence electrons. The molecule has 0 aliphatic rings. The Balaban J connectivity index is 1.78. The number of benzene rings is 2. The fourth-order valence-electron chi connectivity index (χ4n) is 2.63. The van der Waals surface area contributed by atoms with E-state index in [0.29, 0.717) is 17.7 Å². The summed E-state index contributed by atoms with van der Waals surface area (Å²) >= 11 is 3.39. The van der Waals surface area contributed by atoms with Gasteiger partial charge in [-0.05, 0) is 48.4 Å². The second-order valence-corrected chi connectivity index (χ2v) is 7.46. The number of hydrazone groups is 1. The van der Waals surface area contributed by atoms with Gasteiger partial charge in [-0.1, -0.05) is 60.7 Å². The molecule has 2 amide bonds. The summed E-state index contributed by atoms with van der Waals surface area (Å²) in [6.07, 6.45) is 7.69. The number of hydrogen-bond acceptors (Lipinski definition) is 3. The minimum absolute atomic E-state index is 0.00678. The topological polar surface area (TPSA) is 70.6 Å². The Morgan fingerprint density at radius 2 is 1.79 bits per heavy atom. The van der Waals surface area contributed by atoms with Crippen molar-refractivity contribution in [1.82, 2.24) is 5.43 Å². The number of amides is 2. The number of carbonyl (C=O) groups excluding carboxylic acids is 2. The lowest BCUT2D eigenvalue weighted by molar-refractivity contribution is -0.116. The van der Waals surface area contributed by atoms with E-state index < -0.39 is 0 Å². The summed E-state index contributed by atoms with van der Waals surface area (Å²) in [5.41, 5.74) is 4.54. The number of anilines is 1. The van der Waals surface area contributed by atoms with Crippen LogP contribution in [0.4, 0.5) is 5.69 Å². The molecule has 0 spiro atoms. The SMILES string of the molecule is CCCCCCCC(=O)Nc1ccc(C(=O)N/N=C\c2cccc(Br)c2)cc1. The van der Waals surface area contributed by atoms with Crippen molar-refractivity contribution >= 4 is 39.6 Å². The molecule has 6 heteroatoms. The van der Waals surface area contributed by atoms with Crippen LogP contribution < -0.4 is 10.7 Å². The lowest BCUT2D eigenvalue weighted by atomic mass is 10.1. The van der Waals surface area contributed by atoms with E-state index >= 15 is 0 Å². The highest BCUT2D eigenvalue weighted by atomic mass is 79.9. The molecule has 0 bridgehead atoms. The molecule has 0 heterocycles. The van der Waals surface area contributed by atoms with Crippen molar-refractivity contribution in [2.24, 2.45) is 5.10 Å². The summed E-state index contributed by atoms with van der Waals surface area (Å²) in [5.74, 6) is -0.299. The predicted octanol–water partition coefficient (Wildman–Crippen LogP) is 5.51. The molecule has 0 fully saturated rings. The summed E-state index contributed by atoms with van der Waals surface area (Å²) in [4.78, 5) is 24.1. The zero-order chi connectivity index (χ0) is 20.2. The van der Waals surface area contributed by atoms with Gasteiger partial charge in [-0.3, -0.25) is 9.59 Å². The van der Waals surface area contributed by atoms with Gasteiger partial charge in [-0.25, -0.2) is 5.43 Å². The number of nitrogens with one attached hydrogen (secondary N) is 2. The zero-order valence-corrected chi connectivity index (χ0v) is 17.7. The quantitative estimate of drug-likeness (QED) is 0.288. The van der Waals surface area contributed by atoms with Crippen LogP contribution in [0.25, 0.3) is 0 Å². The fourth-order valence-corrected chi connectivity index (χ4v) is 3.05. The molecule has 2 rings (SSSR count). The Hall–Kier alpha value is -2.47. The van der Waals surface area contributed by atoms with Gasteiger partial charge in [0.1, 0.15) is 0 Å². The number of rotatable bonds is 10. The van der Waals surface area contributed by atoms with E-state index in [1.54, 1.807) is 30.5 Å². The van der Waals surface area contributed by atoms with Crippen LogP contribution in [0.1, 0.15) is 61.4 Å². The molecule has 0 atom stereocenters. The van der Waals surface area contributed by atoms with Crippen molar-refractivity contribution in [2.75, 3.05) is 5.32 Å². The van der Waals surface area contributed by atoms with Gasteiger partial charge in [-0.2, -0.15) is 5.10 Å². The summed E-state index contributed by atoms with van der Waals surface area (Å²) in [6.45, 7) is 2.17. The number of unbranched alkanes of at least 4 members (excludes halogenated alkanes) is 4. The number of carbonyl (C=O) groups is 2. The molecule has 0 aliphatic heterocycles. The standard InChI is InChI=1S/C22H26BrN3O2/c1-2-3-4-5-6-10-21(27)25-20-13-11-18(12-14-20)22(28)26-24-16-17-8-7-9-19(23)15-17/h7-9,11-16H,2-6,10H2,1H3,(H,25,27)(H,26,28)/b24-16-. The first-order valence-corrected chi connectivity index (χ1v) is 10.4. The van der Waals surface area contributed by atoms with E-state index in [1.807, 2.05) is 24.3 Å². The fraction of sp³-hybridized carbons (Fsp3) is 0.318. The van der Waals surface area contributed by atoms with E-state index in [1.165, 1.54) is 19.3 Å². The van der Waals surface area contributed by atoms with Crippen molar-refractivity contribution < 1.29 is 9.59 Å². The van der Waals surface area contributed by atoms with Crippen molar-refractivity contribution in [3.05, 3.63) is 64.1 Å². The molecule has 28 heavy (non-hydrogen) atoms. The molecule has 0 aliphatic carbocycles. The molecule has 0 unspecified atom stereocenters. The summed E-state index contributed by atoms with van der Waals surface area (Å²) in [7, 11) is 0. The van der Waals surface area contributed by atoms with Crippen LogP contribution in [0.2, 0.25) is 0 Å². The monoisotopic (exact) mass is 443 g/mol. The summed E-state index contributed by atoms with van der Waals surface area (Å²) < 4.78 is 0.946. The first-order valence-electron chi connectivity index (χ1n) is 9.57. The Labute approximate surface area is 174 Å². The Bertz CT molecular complexity index is 804. The first-order chi connectivity index (χ1) is 13.6. The molecule has 0 saturated heterocycles. The molecule has 2 aromatic rings. The third-order valence-corrected chi connectivity index (χ3v) is 4.66. The number of hydrogen-bond donors (Lipinski definition) is 2. The minimum Gasteiger partial charge on any atom is -0.326 e. The molecule has 0 radical (unpaired) electrons. The highest BCUT2D eigenvalue weighted by Crippen LogP contribution is 2.12. The summed E-state index contributed by atoms with van der Waals surface area (Å²) in [6, 6.07) is 14.4. The van der Waals surface area contributed by atoms with E-state index in [4.69, 9.17) is 0 Å². The highest BCUT2D eigenvalue weighted by Gasteiger charge is 2.06. The van der Waals surface area contributed by atoms with E-state index in [0.717, 1.165) is 22.9 Å². The maximum atomic E-state index is 12.1. The van der Waals surface area contributed by atoms with Crippen molar-refractivity contribution in [1.29, 1.82) is 0 Å². The molecule has 0 saturated carbocycles.